The fourth-order valence-corrected chi connectivity index (χ4v) is 3.97. The van der Waals surface area contributed by atoms with Gasteiger partial charge < -0.3 is 5.73 Å². The Labute approximate surface area is 149 Å². The van der Waals surface area contributed by atoms with E-state index in [1.807, 2.05) is 30.3 Å². The molecule has 0 spiro atoms. The van der Waals surface area contributed by atoms with Crippen LogP contribution in [0.3, 0.4) is 0 Å². The van der Waals surface area contributed by atoms with Gasteiger partial charge >= 0.3 is 0 Å². The van der Waals surface area contributed by atoms with Gasteiger partial charge in [0.2, 0.25) is 0 Å². The zero-order valence-corrected chi connectivity index (χ0v) is 14.9. The van der Waals surface area contributed by atoms with Crippen molar-refractivity contribution in [2.45, 2.75) is 11.8 Å². The molecular weight excluding hydrogens is 358 g/mol. The lowest BCUT2D eigenvalue weighted by Crippen LogP contribution is -2.12. The van der Waals surface area contributed by atoms with Gasteiger partial charge in [0.25, 0.3) is 10.0 Å². The predicted octanol–water partition coefficient (Wildman–Crippen LogP) is 4.25. The Balaban J connectivity index is 1.80. The van der Waals surface area contributed by atoms with Gasteiger partial charge in [0.1, 0.15) is 0 Å². The molecular formula is C16H15N5O2S2. The molecule has 7 nitrogen and oxygen atoms in total. The molecule has 0 bridgehead atoms. The summed E-state index contributed by atoms with van der Waals surface area (Å²) in [6.07, 6.45) is 0. The second-order valence-electron chi connectivity index (χ2n) is 5.12. The summed E-state index contributed by atoms with van der Waals surface area (Å²) >= 11 is 1.12. The zero-order valence-electron chi connectivity index (χ0n) is 13.2. The van der Waals surface area contributed by atoms with Gasteiger partial charge in [-0.05, 0) is 43.3 Å². The first-order chi connectivity index (χ1) is 11.9. The van der Waals surface area contributed by atoms with E-state index in [1.54, 1.807) is 6.92 Å². The van der Waals surface area contributed by atoms with Crippen LogP contribution >= 0.6 is 11.3 Å². The van der Waals surface area contributed by atoms with Crippen LogP contribution in [-0.4, -0.2) is 13.4 Å². The van der Waals surface area contributed by atoms with Crippen LogP contribution in [0.5, 0.6) is 0 Å². The monoisotopic (exact) mass is 373 g/mol. The van der Waals surface area contributed by atoms with E-state index in [4.69, 9.17) is 5.73 Å². The zero-order chi connectivity index (χ0) is 17.9. The minimum atomic E-state index is -3.73. The summed E-state index contributed by atoms with van der Waals surface area (Å²) in [6, 6.07) is 15.2. The minimum absolute atomic E-state index is 0.113. The van der Waals surface area contributed by atoms with Crippen LogP contribution in [0.2, 0.25) is 0 Å². The number of anilines is 2. The van der Waals surface area contributed by atoms with Crippen molar-refractivity contribution < 1.29 is 8.42 Å². The van der Waals surface area contributed by atoms with E-state index in [-0.39, 0.29) is 10.0 Å². The van der Waals surface area contributed by atoms with Gasteiger partial charge in [-0.1, -0.05) is 29.5 Å². The van der Waals surface area contributed by atoms with E-state index in [2.05, 4.69) is 19.9 Å². The number of hydrogen-bond donors (Lipinski definition) is 2. The number of nitrogens with zero attached hydrogens (tertiary/aromatic N) is 3. The van der Waals surface area contributed by atoms with Gasteiger partial charge in [0.15, 0.2) is 10.1 Å². The molecule has 0 unspecified atom stereocenters. The van der Waals surface area contributed by atoms with Crippen molar-refractivity contribution >= 4 is 42.9 Å². The van der Waals surface area contributed by atoms with Gasteiger partial charge in [-0.3, -0.25) is 4.72 Å². The van der Waals surface area contributed by atoms with E-state index < -0.39 is 10.0 Å². The third-order valence-corrected chi connectivity index (χ3v) is 5.64. The Bertz CT molecular complexity index is 997. The second kappa shape index (κ2) is 6.99. The third-order valence-electron chi connectivity index (χ3n) is 3.20. The van der Waals surface area contributed by atoms with E-state index >= 15 is 0 Å². The predicted molar refractivity (Wildman–Crippen MR) is 99.1 cm³/mol. The van der Waals surface area contributed by atoms with Gasteiger partial charge in [-0.25, -0.2) is 13.4 Å². The summed E-state index contributed by atoms with van der Waals surface area (Å²) in [6.45, 7) is 1.75. The lowest BCUT2D eigenvalue weighted by atomic mass is 10.3. The van der Waals surface area contributed by atoms with Crippen LogP contribution in [0.25, 0.3) is 0 Å². The first kappa shape index (κ1) is 17.1. The summed E-state index contributed by atoms with van der Waals surface area (Å²) in [5.74, 6) is 0. The van der Waals surface area contributed by atoms with Crippen molar-refractivity contribution in [1.29, 1.82) is 0 Å². The summed E-state index contributed by atoms with van der Waals surface area (Å²) < 4.78 is 27.2. The summed E-state index contributed by atoms with van der Waals surface area (Å²) in [4.78, 5) is 4.31. The van der Waals surface area contributed by atoms with Crippen LogP contribution < -0.4 is 10.5 Å². The number of benzene rings is 2. The van der Waals surface area contributed by atoms with E-state index in [0.717, 1.165) is 11.3 Å². The SMILES string of the molecule is Cc1nc(NS(=O)(=O)c2ccc(N)cc2)sc1N=Nc1ccccc1. The van der Waals surface area contributed by atoms with Crippen molar-refractivity contribution in [3.8, 4) is 0 Å². The fraction of sp³-hybridized carbons (Fsp3) is 0.0625. The number of azo groups is 1. The van der Waals surface area contributed by atoms with Crippen LogP contribution in [-0.2, 0) is 10.0 Å². The minimum Gasteiger partial charge on any atom is -0.399 e. The molecule has 128 valence electrons. The molecule has 0 radical (unpaired) electrons. The van der Waals surface area contributed by atoms with Gasteiger partial charge in [0.05, 0.1) is 16.3 Å². The highest BCUT2D eigenvalue weighted by Crippen LogP contribution is 2.33. The number of hydrogen-bond acceptors (Lipinski definition) is 7. The molecule has 2 aromatic carbocycles. The summed E-state index contributed by atoms with van der Waals surface area (Å²) in [5.41, 5.74) is 7.38. The van der Waals surface area contributed by atoms with Crippen molar-refractivity contribution in [2.24, 2.45) is 10.2 Å². The molecule has 0 saturated heterocycles. The molecule has 25 heavy (non-hydrogen) atoms. The Kier molecular flexibility index (Phi) is 4.77. The number of nitrogen functional groups attached to an aromatic ring is 1. The molecule has 0 fully saturated rings. The van der Waals surface area contributed by atoms with Crippen LogP contribution in [0.4, 0.5) is 21.5 Å². The Hall–Kier alpha value is -2.78. The second-order valence-corrected chi connectivity index (χ2v) is 7.78. The van der Waals surface area contributed by atoms with Crippen LogP contribution in [0.15, 0.2) is 69.7 Å². The first-order valence-electron chi connectivity index (χ1n) is 7.26. The molecule has 9 heteroatoms. The lowest BCUT2D eigenvalue weighted by Gasteiger charge is -2.04. The molecule has 0 amide bonds. The van der Waals surface area contributed by atoms with Gasteiger partial charge in [-0.2, -0.15) is 0 Å². The lowest BCUT2D eigenvalue weighted by molar-refractivity contribution is 0.601. The highest BCUT2D eigenvalue weighted by Gasteiger charge is 2.17. The number of thiazole rings is 1. The molecule has 3 aromatic rings. The standard InChI is InChI=1S/C16H15N5O2S2/c1-11-15(20-19-13-5-3-2-4-6-13)24-16(18-11)21-25(22,23)14-9-7-12(17)8-10-14/h2-10H,17H2,1H3,(H,18,21). The number of nitrogens with two attached hydrogens (primary N) is 1. The van der Waals surface area contributed by atoms with Crippen molar-refractivity contribution in [3.63, 3.8) is 0 Å². The molecule has 0 atom stereocenters. The quantitative estimate of drug-likeness (QED) is 0.514. The number of sulfonamides is 1. The summed E-state index contributed by atoms with van der Waals surface area (Å²) in [7, 11) is -3.73. The molecule has 0 aliphatic rings. The normalized spacial score (nSPS) is 11.7. The van der Waals surface area contributed by atoms with Crippen LogP contribution in [0.1, 0.15) is 5.69 Å². The van der Waals surface area contributed by atoms with E-state index in [1.165, 1.54) is 24.3 Å². The van der Waals surface area contributed by atoms with Gasteiger partial charge in [0, 0.05) is 5.69 Å². The Morgan fingerprint density at radius 1 is 1.04 bits per heavy atom. The highest BCUT2D eigenvalue weighted by molar-refractivity contribution is 7.93. The first-order valence-corrected chi connectivity index (χ1v) is 9.56. The largest absolute Gasteiger partial charge is 0.399 e. The van der Waals surface area contributed by atoms with E-state index in [0.29, 0.717) is 22.1 Å². The number of rotatable bonds is 5. The molecule has 3 rings (SSSR count). The van der Waals surface area contributed by atoms with Crippen molar-refractivity contribution in [3.05, 3.63) is 60.3 Å². The molecule has 1 heterocycles. The van der Waals surface area contributed by atoms with Gasteiger partial charge in [-0.15, -0.1) is 10.2 Å². The fourth-order valence-electron chi connectivity index (χ4n) is 1.94. The topological polar surface area (TPSA) is 110 Å². The highest BCUT2D eigenvalue weighted by atomic mass is 32.2. The van der Waals surface area contributed by atoms with E-state index in [9.17, 15) is 8.42 Å². The molecule has 0 aliphatic heterocycles. The maximum atomic E-state index is 12.4. The maximum absolute atomic E-state index is 12.4. The molecule has 1 aromatic heterocycles. The smallest absolute Gasteiger partial charge is 0.263 e. The van der Waals surface area contributed by atoms with Crippen molar-refractivity contribution in [1.82, 2.24) is 4.98 Å². The molecule has 3 N–H and O–H groups in total. The maximum Gasteiger partial charge on any atom is 0.263 e. The Morgan fingerprint density at radius 2 is 1.72 bits per heavy atom. The average molecular weight is 373 g/mol. The Morgan fingerprint density at radius 3 is 2.40 bits per heavy atom. The average Bonchev–Trinajstić information content (AvgIpc) is 2.93. The molecule has 0 saturated carbocycles. The number of nitrogens with one attached hydrogen (secondary N) is 1. The third kappa shape index (κ3) is 4.20. The number of aromatic nitrogens is 1. The van der Waals surface area contributed by atoms with Crippen LogP contribution in [0, 0.1) is 6.92 Å². The molecule has 0 aliphatic carbocycles. The summed E-state index contributed by atoms with van der Waals surface area (Å²) in [5, 5.41) is 9.03. The number of aryl methyl sites for hydroxylation is 1. The van der Waals surface area contributed by atoms with Crippen molar-refractivity contribution in [2.75, 3.05) is 10.5 Å².